The van der Waals surface area contributed by atoms with Gasteiger partial charge in [-0.15, -0.1) is 11.3 Å². The smallest absolute Gasteiger partial charge is 0.319 e. The molecule has 6 nitrogen and oxygen atoms in total. The van der Waals surface area contributed by atoms with Crippen LogP contribution in [0.5, 0.6) is 0 Å². The van der Waals surface area contributed by atoms with Gasteiger partial charge in [0.25, 0.3) is 0 Å². The lowest BCUT2D eigenvalue weighted by molar-refractivity contribution is 0.129. The summed E-state index contributed by atoms with van der Waals surface area (Å²) in [5.74, 6) is 0. The van der Waals surface area contributed by atoms with Crippen molar-refractivity contribution in [3.63, 3.8) is 0 Å². The molecule has 1 saturated heterocycles. The first kappa shape index (κ1) is 17.1. The van der Waals surface area contributed by atoms with Gasteiger partial charge in [0.1, 0.15) is 0 Å². The Morgan fingerprint density at radius 3 is 2.41 bits per heavy atom. The molecule has 1 aliphatic heterocycles. The second-order valence-corrected chi connectivity index (χ2v) is 7.89. The predicted molar refractivity (Wildman–Crippen MR) is 91.4 cm³/mol. The maximum atomic E-state index is 12.1. The number of halogens is 1. The van der Waals surface area contributed by atoms with E-state index in [1.54, 1.807) is 40.1 Å². The number of hydrogen-bond donors (Lipinski definition) is 1. The molecule has 1 fully saturated rings. The number of carbonyl (C=O) groups excluding carboxylic acids is 2. The van der Waals surface area contributed by atoms with E-state index in [1.165, 1.54) is 4.88 Å². The normalized spacial score (nSPS) is 14.9. The van der Waals surface area contributed by atoms with Crippen molar-refractivity contribution >= 4 is 39.3 Å². The SMILES string of the molecule is CN(C)C(=O)N1CCN(C(=O)NCCc2ccc(Br)s2)CC1. The Hall–Kier alpha value is -1.28. The summed E-state index contributed by atoms with van der Waals surface area (Å²) in [5, 5.41) is 2.94. The molecule has 0 aromatic carbocycles. The molecule has 0 saturated carbocycles. The van der Waals surface area contributed by atoms with E-state index >= 15 is 0 Å². The Kier molecular flexibility index (Phi) is 6.07. The largest absolute Gasteiger partial charge is 0.338 e. The molecule has 1 aromatic heterocycles. The van der Waals surface area contributed by atoms with Crippen molar-refractivity contribution in [3.8, 4) is 0 Å². The van der Waals surface area contributed by atoms with Crippen LogP contribution in [0.2, 0.25) is 0 Å². The molecule has 0 radical (unpaired) electrons. The third kappa shape index (κ3) is 4.61. The van der Waals surface area contributed by atoms with E-state index in [-0.39, 0.29) is 12.1 Å². The van der Waals surface area contributed by atoms with Gasteiger partial charge in [-0.25, -0.2) is 9.59 Å². The molecule has 22 heavy (non-hydrogen) atoms. The Bertz CT molecular complexity index is 527. The van der Waals surface area contributed by atoms with Gasteiger partial charge in [-0.05, 0) is 34.5 Å². The lowest BCUT2D eigenvalue weighted by Gasteiger charge is -2.35. The summed E-state index contributed by atoms with van der Waals surface area (Å²) in [4.78, 5) is 30.3. The van der Waals surface area contributed by atoms with E-state index < -0.39 is 0 Å². The monoisotopic (exact) mass is 388 g/mol. The summed E-state index contributed by atoms with van der Waals surface area (Å²) in [7, 11) is 3.48. The fourth-order valence-electron chi connectivity index (χ4n) is 2.27. The highest BCUT2D eigenvalue weighted by Gasteiger charge is 2.24. The van der Waals surface area contributed by atoms with Crippen LogP contribution >= 0.6 is 27.3 Å². The van der Waals surface area contributed by atoms with Gasteiger partial charge < -0.3 is 20.0 Å². The molecule has 0 aliphatic carbocycles. The molecule has 122 valence electrons. The number of nitrogens with one attached hydrogen (secondary N) is 1. The number of rotatable bonds is 3. The van der Waals surface area contributed by atoms with Crippen molar-refractivity contribution in [1.82, 2.24) is 20.0 Å². The minimum absolute atomic E-state index is 0.00308. The number of nitrogens with zero attached hydrogens (tertiary/aromatic N) is 3. The molecule has 0 spiro atoms. The van der Waals surface area contributed by atoms with Crippen LogP contribution in [0.4, 0.5) is 9.59 Å². The molecule has 0 bridgehead atoms. The van der Waals surface area contributed by atoms with E-state index in [0.29, 0.717) is 32.7 Å². The van der Waals surface area contributed by atoms with Crippen molar-refractivity contribution in [2.45, 2.75) is 6.42 Å². The van der Waals surface area contributed by atoms with E-state index in [1.807, 2.05) is 6.07 Å². The molecule has 0 atom stereocenters. The predicted octanol–water partition coefficient (Wildman–Crippen LogP) is 2.06. The summed E-state index contributed by atoms with van der Waals surface area (Å²) >= 11 is 5.11. The fourth-order valence-corrected chi connectivity index (χ4v) is 3.76. The highest BCUT2D eigenvalue weighted by molar-refractivity contribution is 9.11. The van der Waals surface area contributed by atoms with Crippen molar-refractivity contribution in [2.24, 2.45) is 0 Å². The van der Waals surface area contributed by atoms with E-state index in [2.05, 4.69) is 27.3 Å². The molecule has 2 heterocycles. The summed E-state index contributed by atoms with van der Waals surface area (Å²) in [6.45, 7) is 2.96. The van der Waals surface area contributed by atoms with Gasteiger partial charge in [0.05, 0.1) is 3.79 Å². The van der Waals surface area contributed by atoms with Gasteiger partial charge in [-0.1, -0.05) is 0 Å². The first-order valence-electron chi connectivity index (χ1n) is 7.20. The van der Waals surface area contributed by atoms with Crippen LogP contribution in [0.3, 0.4) is 0 Å². The number of thiophene rings is 1. The van der Waals surface area contributed by atoms with Crippen LogP contribution in [0.15, 0.2) is 15.9 Å². The average Bonchev–Trinajstić information content (AvgIpc) is 2.92. The highest BCUT2D eigenvalue weighted by Crippen LogP contribution is 2.22. The van der Waals surface area contributed by atoms with Crippen LogP contribution in [0.1, 0.15) is 4.88 Å². The van der Waals surface area contributed by atoms with Gasteiger partial charge in [0, 0.05) is 51.7 Å². The zero-order valence-electron chi connectivity index (χ0n) is 12.8. The summed E-state index contributed by atoms with van der Waals surface area (Å²) < 4.78 is 1.11. The number of piperazine rings is 1. The number of amides is 4. The van der Waals surface area contributed by atoms with E-state index in [9.17, 15) is 9.59 Å². The minimum atomic E-state index is -0.0485. The van der Waals surface area contributed by atoms with Crippen molar-refractivity contribution in [3.05, 3.63) is 20.8 Å². The van der Waals surface area contributed by atoms with Crippen LogP contribution in [0.25, 0.3) is 0 Å². The second kappa shape index (κ2) is 7.82. The van der Waals surface area contributed by atoms with Gasteiger partial charge in [0.2, 0.25) is 0 Å². The Labute approximate surface area is 143 Å². The van der Waals surface area contributed by atoms with Gasteiger partial charge in [-0.2, -0.15) is 0 Å². The maximum absolute atomic E-state index is 12.1. The van der Waals surface area contributed by atoms with Crippen molar-refractivity contribution in [2.75, 3.05) is 46.8 Å². The third-order valence-electron chi connectivity index (χ3n) is 3.50. The van der Waals surface area contributed by atoms with Crippen LogP contribution in [-0.4, -0.2) is 73.6 Å². The van der Waals surface area contributed by atoms with Crippen LogP contribution in [0, 0.1) is 0 Å². The molecule has 0 unspecified atom stereocenters. The number of urea groups is 2. The molecular weight excluding hydrogens is 368 g/mol. The molecule has 1 N–H and O–H groups in total. The standard InChI is InChI=1S/C14H21BrN4O2S/c1-17(2)14(21)19-9-7-18(8-10-19)13(20)16-6-5-11-3-4-12(15)22-11/h3-4H,5-10H2,1-2H3,(H,16,20). The van der Waals surface area contributed by atoms with Crippen molar-refractivity contribution < 1.29 is 9.59 Å². The first-order valence-corrected chi connectivity index (χ1v) is 8.81. The van der Waals surface area contributed by atoms with E-state index in [0.717, 1.165) is 10.2 Å². The number of carbonyl (C=O) groups is 2. The van der Waals surface area contributed by atoms with Gasteiger partial charge in [-0.3, -0.25) is 0 Å². The minimum Gasteiger partial charge on any atom is -0.338 e. The second-order valence-electron chi connectivity index (χ2n) is 5.34. The zero-order chi connectivity index (χ0) is 16.1. The first-order chi connectivity index (χ1) is 10.5. The molecule has 8 heteroatoms. The summed E-state index contributed by atoms with van der Waals surface area (Å²) in [6, 6.07) is 4.03. The zero-order valence-corrected chi connectivity index (χ0v) is 15.2. The fraction of sp³-hybridized carbons (Fsp3) is 0.571. The molecule has 1 aromatic rings. The molecular formula is C14H21BrN4O2S. The lowest BCUT2D eigenvalue weighted by atomic mass is 10.3. The molecule has 2 rings (SSSR count). The van der Waals surface area contributed by atoms with Gasteiger partial charge in [0.15, 0.2) is 0 Å². The van der Waals surface area contributed by atoms with Crippen LogP contribution < -0.4 is 5.32 Å². The highest BCUT2D eigenvalue weighted by atomic mass is 79.9. The van der Waals surface area contributed by atoms with Crippen molar-refractivity contribution in [1.29, 1.82) is 0 Å². The number of hydrogen-bond acceptors (Lipinski definition) is 3. The molecule has 1 aliphatic rings. The quantitative estimate of drug-likeness (QED) is 0.861. The van der Waals surface area contributed by atoms with E-state index in [4.69, 9.17) is 0 Å². The molecule has 4 amide bonds. The maximum Gasteiger partial charge on any atom is 0.319 e. The average molecular weight is 389 g/mol. The van der Waals surface area contributed by atoms with Crippen LogP contribution in [-0.2, 0) is 6.42 Å². The topological polar surface area (TPSA) is 55.9 Å². The Morgan fingerprint density at radius 1 is 1.23 bits per heavy atom. The summed E-state index contributed by atoms with van der Waals surface area (Å²) in [5.41, 5.74) is 0. The Balaban J connectivity index is 1.70. The van der Waals surface area contributed by atoms with Gasteiger partial charge >= 0.3 is 12.1 Å². The summed E-state index contributed by atoms with van der Waals surface area (Å²) in [6.07, 6.45) is 0.834. The third-order valence-corrected chi connectivity index (χ3v) is 5.18. The lowest BCUT2D eigenvalue weighted by Crippen LogP contribution is -2.55. The Morgan fingerprint density at radius 2 is 1.86 bits per heavy atom.